The number of benzene rings is 3. The third kappa shape index (κ3) is 4.11. The van der Waals surface area contributed by atoms with Crippen LogP contribution in [0.4, 0.5) is 14.7 Å². The molecule has 7 nitrogen and oxygen atoms in total. The van der Waals surface area contributed by atoms with Gasteiger partial charge in [0, 0.05) is 24.4 Å². The van der Waals surface area contributed by atoms with Gasteiger partial charge in [0.15, 0.2) is 0 Å². The fraction of sp³-hybridized carbons (Fsp3) is 0.222. The number of fused-ring (bicyclic) bond motifs is 1. The monoisotopic (exact) mass is 523 g/mol. The van der Waals surface area contributed by atoms with Crippen LogP contribution in [0.3, 0.4) is 0 Å². The summed E-state index contributed by atoms with van der Waals surface area (Å²) in [4.78, 5) is 6.22. The second-order valence-electron chi connectivity index (χ2n) is 9.47. The lowest BCUT2D eigenvalue weighted by atomic mass is 9.97. The maximum Gasteiger partial charge on any atom is 0.244 e. The van der Waals surface area contributed by atoms with Gasteiger partial charge in [-0.2, -0.15) is 0 Å². The first-order valence-corrected chi connectivity index (χ1v) is 13.3. The number of anilines is 1. The Labute approximate surface area is 214 Å². The summed E-state index contributed by atoms with van der Waals surface area (Å²) in [6.45, 7) is 5.48. The number of nitrogens with one attached hydrogen (secondary N) is 1. The third-order valence-electron chi connectivity index (χ3n) is 6.76. The molecule has 1 atom stereocenters. The van der Waals surface area contributed by atoms with Gasteiger partial charge < -0.3 is 16.0 Å². The maximum atomic E-state index is 14.9. The van der Waals surface area contributed by atoms with E-state index in [2.05, 4.69) is 10.3 Å². The molecule has 2 heterocycles. The molecule has 0 aliphatic carbocycles. The average Bonchev–Trinajstić information content (AvgIpc) is 3.36. The van der Waals surface area contributed by atoms with Gasteiger partial charge in [0.2, 0.25) is 16.0 Å². The zero-order chi connectivity index (χ0) is 26.5. The molecule has 1 aromatic heterocycles. The topological polar surface area (TPSA) is 93.2 Å². The van der Waals surface area contributed by atoms with Crippen molar-refractivity contribution in [3.63, 3.8) is 0 Å². The fourth-order valence-corrected chi connectivity index (χ4v) is 5.77. The highest BCUT2D eigenvalue weighted by atomic mass is 32.2. The summed E-state index contributed by atoms with van der Waals surface area (Å²) in [6.07, 6.45) is 1.69. The van der Waals surface area contributed by atoms with Gasteiger partial charge in [-0.1, -0.05) is 36.4 Å². The summed E-state index contributed by atoms with van der Waals surface area (Å²) in [7, 11) is -3.78. The van der Waals surface area contributed by atoms with Crippen LogP contribution < -0.4 is 11.1 Å². The Hall–Kier alpha value is -3.92. The van der Waals surface area contributed by atoms with Crippen molar-refractivity contribution in [1.82, 2.24) is 19.2 Å². The minimum atomic E-state index is -3.78. The first kappa shape index (κ1) is 24.8. The number of aromatic nitrogens is 2. The molecule has 37 heavy (non-hydrogen) atoms. The molecule has 0 spiro atoms. The molecular formula is C27H27F2N5O2S. The molecule has 5 rings (SSSR count). The molecule has 0 saturated heterocycles. The highest BCUT2D eigenvalue weighted by Crippen LogP contribution is 2.41. The lowest BCUT2D eigenvalue weighted by molar-refractivity contribution is 0.167. The molecule has 0 amide bonds. The smallest absolute Gasteiger partial charge is 0.244 e. The average molecular weight is 524 g/mol. The Balaban J connectivity index is 1.66. The number of hydrogen-bond donors (Lipinski definition) is 2. The number of nitrogens with two attached hydrogens (primary N) is 1. The van der Waals surface area contributed by atoms with E-state index < -0.39 is 32.6 Å². The standard InChI is InChI=1S/C27H27F2N5O2S/c1-17(2)37(35,36)34-24-13-19(9-12-23(24)32-26(34)30)27(3)31-15-25(21-11-10-20(28)14-22(21)29)33(27)16-18-7-5-4-6-8-18/h4-15,17,31H,16H2,1-3H3,(H2,30,32). The molecule has 1 unspecified atom stereocenters. The lowest BCUT2D eigenvalue weighted by Crippen LogP contribution is -2.46. The van der Waals surface area contributed by atoms with Crippen LogP contribution >= 0.6 is 0 Å². The molecule has 192 valence electrons. The van der Waals surface area contributed by atoms with Gasteiger partial charge in [-0.3, -0.25) is 0 Å². The first-order valence-electron chi connectivity index (χ1n) is 11.8. The molecule has 0 radical (unpaired) electrons. The van der Waals surface area contributed by atoms with Crippen molar-refractivity contribution in [3.8, 4) is 0 Å². The van der Waals surface area contributed by atoms with Gasteiger partial charge in [-0.05, 0) is 56.2 Å². The second kappa shape index (κ2) is 8.88. The van der Waals surface area contributed by atoms with Crippen LogP contribution in [0.25, 0.3) is 16.7 Å². The van der Waals surface area contributed by atoms with E-state index in [1.54, 1.807) is 32.2 Å². The van der Waals surface area contributed by atoms with Crippen molar-refractivity contribution in [1.29, 1.82) is 0 Å². The molecular weight excluding hydrogens is 496 g/mol. The molecule has 3 aromatic carbocycles. The van der Waals surface area contributed by atoms with E-state index in [4.69, 9.17) is 5.73 Å². The number of halogens is 2. The molecule has 4 aromatic rings. The van der Waals surface area contributed by atoms with Gasteiger partial charge >= 0.3 is 0 Å². The van der Waals surface area contributed by atoms with E-state index >= 15 is 0 Å². The van der Waals surface area contributed by atoms with Gasteiger partial charge in [-0.25, -0.2) is 26.2 Å². The Morgan fingerprint density at radius 3 is 2.46 bits per heavy atom. The summed E-state index contributed by atoms with van der Waals surface area (Å²) in [5.41, 5.74) is 8.39. The van der Waals surface area contributed by atoms with Crippen LogP contribution in [0.5, 0.6) is 0 Å². The van der Waals surface area contributed by atoms with E-state index in [-0.39, 0.29) is 11.5 Å². The van der Waals surface area contributed by atoms with Gasteiger partial charge in [-0.15, -0.1) is 0 Å². The number of hydrogen-bond acceptors (Lipinski definition) is 6. The van der Waals surface area contributed by atoms with Gasteiger partial charge in [0.05, 0.1) is 22.0 Å². The van der Waals surface area contributed by atoms with Crippen LogP contribution in [-0.4, -0.2) is 27.5 Å². The Morgan fingerprint density at radius 1 is 1.05 bits per heavy atom. The number of nitrogens with zero attached hydrogens (tertiary/aromatic N) is 3. The molecule has 1 aliphatic rings. The van der Waals surface area contributed by atoms with Crippen LogP contribution in [0.2, 0.25) is 0 Å². The summed E-state index contributed by atoms with van der Waals surface area (Å²) < 4.78 is 55.8. The summed E-state index contributed by atoms with van der Waals surface area (Å²) in [6, 6.07) is 18.5. The molecule has 0 saturated carbocycles. The predicted octanol–water partition coefficient (Wildman–Crippen LogP) is 4.76. The quantitative estimate of drug-likeness (QED) is 0.379. The van der Waals surface area contributed by atoms with E-state index in [0.717, 1.165) is 15.6 Å². The van der Waals surface area contributed by atoms with Gasteiger partial charge in [0.1, 0.15) is 17.3 Å². The first-order chi connectivity index (χ1) is 17.5. The van der Waals surface area contributed by atoms with Crippen LogP contribution in [0.15, 0.2) is 72.9 Å². The highest BCUT2D eigenvalue weighted by molar-refractivity contribution is 7.90. The maximum absolute atomic E-state index is 14.9. The molecule has 10 heteroatoms. The van der Waals surface area contributed by atoms with Crippen molar-refractivity contribution in [3.05, 3.63) is 101 Å². The third-order valence-corrected chi connectivity index (χ3v) is 8.84. The fourth-order valence-electron chi connectivity index (χ4n) is 4.63. The Morgan fingerprint density at radius 2 is 1.78 bits per heavy atom. The lowest BCUT2D eigenvalue weighted by Gasteiger charge is -2.39. The van der Waals surface area contributed by atoms with E-state index in [0.29, 0.717) is 28.8 Å². The van der Waals surface area contributed by atoms with Crippen molar-refractivity contribution in [2.24, 2.45) is 0 Å². The zero-order valence-electron chi connectivity index (χ0n) is 20.6. The molecule has 1 aliphatic heterocycles. The molecule has 3 N–H and O–H groups in total. The molecule has 0 fully saturated rings. The Kier molecular flexibility index (Phi) is 5.94. The van der Waals surface area contributed by atoms with Crippen LogP contribution in [0, 0.1) is 11.6 Å². The van der Waals surface area contributed by atoms with E-state index in [1.807, 2.05) is 48.2 Å². The van der Waals surface area contributed by atoms with Crippen molar-refractivity contribution in [2.45, 2.75) is 38.2 Å². The largest absolute Gasteiger partial charge is 0.368 e. The number of nitrogen functional groups attached to an aromatic ring is 1. The van der Waals surface area contributed by atoms with Crippen LogP contribution in [-0.2, 0) is 22.2 Å². The van der Waals surface area contributed by atoms with E-state index in [9.17, 15) is 17.2 Å². The minimum absolute atomic E-state index is 0.112. The minimum Gasteiger partial charge on any atom is -0.368 e. The number of imidazole rings is 1. The van der Waals surface area contributed by atoms with Crippen LogP contribution in [0.1, 0.15) is 37.5 Å². The molecule has 0 bridgehead atoms. The van der Waals surface area contributed by atoms with Crippen molar-refractivity contribution >= 4 is 32.7 Å². The summed E-state index contributed by atoms with van der Waals surface area (Å²) in [5, 5.41) is 2.65. The van der Waals surface area contributed by atoms with Gasteiger partial charge in [0.25, 0.3) is 0 Å². The van der Waals surface area contributed by atoms with Crippen molar-refractivity contribution in [2.75, 3.05) is 5.73 Å². The van der Waals surface area contributed by atoms with E-state index in [1.165, 1.54) is 12.1 Å². The normalized spacial score (nSPS) is 17.9. The summed E-state index contributed by atoms with van der Waals surface area (Å²) >= 11 is 0. The zero-order valence-corrected chi connectivity index (χ0v) is 21.4. The number of rotatable bonds is 6. The highest BCUT2D eigenvalue weighted by Gasteiger charge is 2.40. The summed E-state index contributed by atoms with van der Waals surface area (Å²) in [5.74, 6) is -1.45. The Bertz CT molecular complexity index is 1630. The SMILES string of the molecule is CC(C)S(=O)(=O)n1c(N)nc2ccc(C3(C)NC=C(c4ccc(F)cc4F)N3Cc3ccccc3)cc21. The van der Waals surface area contributed by atoms with Crippen molar-refractivity contribution < 1.29 is 17.2 Å². The second-order valence-corrected chi connectivity index (χ2v) is 11.8. The predicted molar refractivity (Wildman–Crippen MR) is 140 cm³/mol.